The first-order valence-corrected chi connectivity index (χ1v) is 8.23. The molecule has 0 spiro atoms. The third kappa shape index (κ3) is 3.55. The number of nitrogens with zero attached hydrogens (tertiary/aromatic N) is 2. The number of amides is 1. The van der Waals surface area contributed by atoms with Crippen molar-refractivity contribution in [1.82, 2.24) is 9.99 Å². The van der Waals surface area contributed by atoms with Gasteiger partial charge in [-0.2, -0.15) is 5.10 Å². The van der Waals surface area contributed by atoms with Crippen LogP contribution >= 0.6 is 0 Å². The first-order valence-electron chi connectivity index (χ1n) is 8.23. The molecule has 2 aromatic carbocycles. The first kappa shape index (κ1) is 16.8. The quantitative estimate of drug-likeness (QED) is 0.555. The standard InChI is InChI=1S/C20H22N4O/c1-14-8-4-6-10-18(14)21-13-20(25)23-22-12-17-15(2)24(3)19-11-7-5-9-16(17)19/h4-12,21H,13H2,1-3H3,(H,23,25). The van der Waals surface area contributed by atoms with Crippen LogP contribution in [0.15, 0.2) is 53.6 Å². The molecule has 1 aromatic heterocycles. The Balaban J connectivity index is 1.65. The maximum absolute atomic E-state index is 12.0. The monoisotopic (exact) mass is 334 g/mol. The smallest absolute Gasteiger partial charge is 0.259 e. The lowest BCUT2D eigenvalue weighted by Gasteiger charge is -2.07. The third-order valence-electron chi connectivity index (χ3n) is 4.42. The molecule has 0 bridgehead atoms. The van der Waals surface area contributed by atoms with Gasteiger partial charge < -0.3 is 9.88 Å². The summed E-state index contributed by atoms with van der Waals surface area (Å²) in [5, 5.41) is 8.36. The number of hydrogen-bond acceptors (Lipinski definition) is 3. The lowest BCUT2D eigenvalue weighted by atomic mass is 10.1. The molecule has 0 aliphatic rings. The molecule has 3 aromatic rings. The van der Waals surface area contributed by atoms with Gasteiger partial charge in [0.05, 0.1) is 12.8 Å². The Morgan fingerprint density at radius 1 is 1.12 bits per heavy atom. The van der Waals surface area contributed by atoms with Crippen molar-refractivity contribution in [2.24, 2.45) is 12.1 Å². The fourth-order valence-electron chi connectivity index (χ4n) is 2.87. The predicted molar refractivity (Wildman–Crippen MR) is 103 cm³/mol. The second-order valence-corrected chi connectivity index (χ2v) is 6.04. The zero-order chi connectivity index (χ0) is 17.8. The molecule has 0 aliphatic carbocycles. The van der Waals surface area contributed by atoms with Crippen molar-refractivity contribution in [1.29, 1.82) is 0 Å². The molecular weight excluding hydrogens is 312 g/mol. The maximum Gasteiger partial charge on any atom is 0.259 e. The van der Waals surface area contributed by atoms with Crippen LogP contribution in [0.4, 0.5) is 5.69 Å². The fourth-order valence-corrected chi connectivity index (χ4v) is 2.87. The van der Waals surface area contributed by atoms with Gasteiger partial charge in [0, 0.05) is 34.9 Å². The summed E-state index contributed by atoms with van der Waals surface area (Å²) in [6.07, 6.45) is 1.71. The van der Waals surface area contributed by atoms with Gasteiger partial charge in [-0.1, -0.05) is 36.4 Å². The molecule has 0 fully saturated rings. The van der Waals surface area contributed by atoms with E-state index in [-0.39, 0.29) is 12.5 Å². The molecule has 0 unspecified atom stereocenters. The summed E-state index contributed by atoms with van der Waals surface area (Å²) in [5.41, 5.74) is 7.91. The van der Waals surface area contributed by atoms with Crippen molar-refractivity contribution in [2.75, 3.05) is 11.9 Å². The van der Waals surface area contributed by atoms with Crippen LogP contribution in [0.1, 0.15) is 16.8 Å². The molecule has 0 saturated carbocycles. The number of aromatic nitrogens is 1. The van der Waals surface area contributed by atoms with Crippen molar-refractivity contribution < 1.29 is 4.79 Å². The van der Waals surface area contributed by atoms with Crippen LogP contribution in [0.5, 0.6) is 0 Å². The normalized spacial score (nSPS) is 11.2. The minimum atomic E-state index is -0.183. The zero-order valence-corrected chi connectivity index (χ0v) is 14.7. The molecule has 1 amide bonds. The molecule has 0 aliphatic heterocycles. The highest BCUT2D eigenvalue weighted by Crippen LogP contribution is 2.22. The lowest BCUT2D eigenvalue weighted by Crippen LogP contribution is -2.26. The second-order valence-electron chi connectivity index (χ2n) is 6.04. The highest BCUT2D eigenvalue weighted by molar-refractivity contribution is 6.01. The number of hydrazone groups is 1. The van der Waals surface area contributed by atoms with Crippen LogP contribution in [0.2, 0.25) is 0 Å². The number of fused-ring (bicyclic) bond motifs is 1. The van der Waals surface area contributed by atoms with Gasteiger partial charge in [0.25, 0.3) is 5.91 Å². The topological polar surface area (TPSA) is 58.4 Å². The van der Waals surface area contributed by atoms with Crippen LogP contribution in [0.3, 0.4) is 0 Å². The van der Waals surface area contributed by atoms with Crippen LogP contribution < -0.4 is 10.7 Å². The number of carbonyl (C=O) groups is 1. The van der Waals surface area contributed by atoms with E-state index in [4.69, 9.17) is 0 Å². The Kier molecular flexibility index (Phi) is 4.84. The highest BCUT2D eigenvalue weighted by Gasteiger charge is 2.09. The summed E-state index contributed by atoms with van der Waals surface area (Å²) in [7, 11) is 2.03. The van der Waals surface area contributed by atoms with Gasteiger partial charge in [-0.15, -0.1) is 0 Å². The maximum atomic E-state index is 12.0. The van der Waals surface area contributed by atoms with Crippen molar-refractivity contribution in [3.8, 4) is 0 Å². The minimum Gasteiger partial charge on any atom is -0.376 e. The number of anilines is 1. The Hall–Kier alpha value is -3.08. The fraction of sp³-hybridized carbons (Fsp3) is 0.200. The number of nitrogens with one attached hydrogen (secondary N) is 2. The predicted octanol–water partition coefficient (Wildman–Crippen LogP) is 3.36. The molecule has 128 valence electrons. The summed E-state index contributed by atoms with van der Waals surface area (Å²) in [6.45, 7) is 4.22. The Bertz CT molecular complexity index is 940. The summed E-state index contributed by atoms with van der Waals surface area (Å²) < 4.78 is 2.12. The highest BCUT2D eigenvalue weighted by atomic mass is 16.2. The van der Waals surface area contributed by atoms with Gasteiger partial charge in [0.15, 0.2) is 0 Å². The molecule has 0 atom stereocenters. The van der Waals surface area contributed by atoms with Crippen molar-refractivity contribution in [3.05, 3.63) is 65.4 Å². The molecule has 25 heavy (non-hydrogen) atoms. The number of aryl methyl sites for hydroxylation is 2. The third-order valence-corrected chi connectivity index (χ3v) is 4.42. The first-order chi connectivity index (χ1) is 12.1. The van der Waals surface area contributed by atoms with E-state index in [2.05, 4.69) is 32.5 Å². The average Bonchev–Trinajstić information content (AvgIpc) is 2.86. The number of benzene rings is 2. The van der Waals surface area contributed by atoms with Gasteiger partial charge in [-0.05, 0) is 31.5 Å². The summed E-state index contributed by atoms with van der Waals surface area (Å²) in [5.74, 6) is -0.183. The largest absolute Gasteiger partial charge is 0.376 e. The Morgan fingerprint density at radius 2 is 1.84 bits per heavy atom. The van der Waals surface area contributed by atoms with Gasteiger partial charge in [0.2, 0.25) is 0 Å². The zero-order valence-electron chi connectivity index (χ0n) is 14.7. The number of hydrogen-bond donors (Lipinski definition) is 2. The number of rotatable bonds is 5. The molecule has 0 radical (unpaired) electrons. The molecule has 1 heterocycles. The van der Waals surface area contributed by atoms with E-state index in [1.54, 1.807) is 6.21 Å². The van der Waals surface area contributed by atoms with E-state index >= 15 is 0 Å². The SMILES string of the molecule is Cc1ccccc1NCC(=O)NN=Cc1c(C)n(C)c2ccccc12. The van der Waals surface area contributed by atoms with E-state index in [1.165, 1.54) is 0 Å². The molecule has 5 heteroatoms. The van der Waals surface area contributed by atoms with Crippen molar-refractivity contribution in [3.63, 3.8) is 0 Å². The van der Waals surface area contributed by atoms with Crippen LogP contribution in [0, 0.1) is 13.8 Å². The Labute approximate surface area is 147 Å². The van der Waals surface area contributed by atoms with E-state index in [0.29, 0.717) is 0 Å². The van der Waals surface area contributed by atoms with E-state index < -0.39 is 0 Å². The molecule has 5 nitrogen and oxygen atoms in total. The van der Waals surface area contributed by atoms with E-state index in [0.717, 1.165) is 33.4 Å². The molecule has 3 rings (SSSR count). The number of para-hydroxylation sites is 2. The number of carbonyl (C=O) groups excluding carboxylic acids is 1. The second kappa shape index (κ2) is 7.21. The molecule has 2 N–H and O–H groups in total. The van der Waals surface area contributed by atoms with Crippen LogP contribution in [-0.2, 0) is 11.8 Å². The summed E-state index contributed by atoms with van der Waals surface area (Å²) >= 11 is 0. The van der Waals surface area contributed by atoms with Gasteiger partial charge >= 0.3 is 0 Å². The Morgan fingerprint density at radius 3 is 2.64 bits per heavy atom. The van der Waals surface area contributed by atoms with Gasteiger partial charge in [0.1, 0.15) is 0 Å². The van der Waals surface area contributed by atoms with E-state index in [9.17, 15) is 4.79 Å². The minimum absolute atomic E-state index is 0.177. The lowest BCUT2D eigenvalue weighted by molar-refractivity contribution is -0.119. The summed E-state index contributed by atoms with van der Waals surface area (Å²) in [6, 6.07) is 16.0. The van der Waals surface area contributed by atoms with Crippen LogP contribution in [0.25, 0.3) is 10.9 Å². The average molecular weight is 334 g/mol. The van der Waals surface area contributed by atoms with Gasteiger partial charge in [-0.25, -0.2) is 5.43 Å². The van der Waals surface area contributed by atoms with Crippen molar-refractivity contribution >= 4 is 28.7 Å². The van der Waals surface area contributed by atoms with Crippen molar-refractivity contribution in [2.45, 2.75) is 13.8 Å². The molecule has 0 saturated heterocycles. The molecular formula is C20H22N4O. The van der Waals surface area contributed by atoms with Gasteiger partial charge in [-0.3, -0.25) is 4.79 Å². The summed E-state index contributed by atoms with van der Waals surface area (Å²) in [4.78, 5) is 12.0. The van der Waals surface area contributed by atoms with E-state index in [1.807, 2.05) is 57.3 Å². The van der Waals surface area contributed by atoms with Crippen LogP contribution in [-0.4, -0.2) is 23.2 Å².